The number of aromatic nitrogens is 2. The average molecular weight is 267 g/mol. The molecule has 1 aromatic heterocycles. The Kier molecular flexibility index (Phi) is 5.39. The van der Waals surface area contributed by atoms with Gasteiger partial charge in [0, 0.05) is 25.4 Å². The maximum absolute atomic E-state index is 10.4. The Hall–Kier alpha value is -1.81. The number of hydrogen-bond donors (Lipinski definition) is 1. The second-order valence-corrected chi connectivity index (χ2v) is 3.95. The molecular formula is C13H15ClN2O2. The fourth-order valence-electron chi connectivity index (χ4n) is 1.65. The Labute approximate surface area is 112 Å². The van der Waals surface area contributed by atoms with Gasteiger partial charge in [0.25, 0.3) is 0 Å². The highest BCUT2D eigenvalue weighted by Gasteiger charge is 1.99. The predicted octanol–water partition coefficient (Wildman–Crippen LogP) is 2.37. The maximum atomic E-state index is 10.4. The number of imidazole rings is 1. The molecule has 2 rings (SSSR count). The van der Waals surface area contributed by atoms with E-state index in [1.807, 2.05) is 35.0 Å². The Morgan fingerprint density at radius 3 is 2.44 bits per heavy atom. The molecule has 18 heavy (non-hydrogen) atoms. The van der Waals surface area contributed by atoms with E-state index >= 15 is 0 Å². The quantitative estimate of drug-likeness (QED) is 0.904. The number of carboxylic acids is 1. The Bertz CT molecular complexity index is 480. The van der Waals surface area contributed by atoms with Crippen LogP contribution in [0.25, 0.3) is 0 Å². The van der Waals surface area contributed by atoms with E-state index in [-0.39, 0.29) is 18.8 Å². The Balaban J connectivity index is 0.00000162. The highest BCUT2D eigenvalue weighted by atomic mass is 35.5. The SMILES string of the molecule is Cl.O=C(O)CCc1ccc(Cn2ccnc2)cc1. The molecule has 0 atom stereocenters. The second-order valence-electron chi connectivity index (χ2n) is 3.95. The number of benzene rings is 1. The van der Waals surface area contributed by atoms with Gasteiger partial charge in [-0.15, -0.1) is 12.4 Å². The van der Waals surface area contributed by atoms with E-state index in [1.54, 1.807) is 12.5 Å². The van der Waals surface area contributed by atoms with E-state index < -0.39 is 5.97 Å². The third kappa shape index (κ3) is 4.22. The zero-order valence-corrected chi connectivity index (χ0v) is 10.6. The molecule has 0 saturated carbocycles. The van der Waals surface area contributed by atoms with E-state index in [2.05, 4.69) is 4.98 Å². The molecule has 0 amide bonds. The monoisotopic (exact) mass is 266 g/mol. The van der Waals surface area contributed by atoms with Gasteiger partial charge in [-0.05, 0) is 17.5 Å². The predicted molar refractivity (Wildman–Crippen MR) is 71.0 cm³/mol. The summed E-state index contributed by atoms with van der Waals surface area (Å²) in [5, 5.41) is 8.59. The van der Waals surface area contributed by atoms with Gasteiger partial charge in [-0.1, -0.05) is 24.3 Å². The molecule has 0 bridgehead atoms. The van der Waals surface area contributed by atoms with Crippen LogP contribution in [-0.4, -0.2) is 20.6 Å². The number of rotatable bonds is 5. The molecule has 96 valence electrons. The molecule has 2 aromatic rings. The molecule has 1 N–H and O–H groups in total. The summed E-state index contributed by atoms with van der Waals surface area (Å²) in [6.45, 7) is 0.791. The van der Waals surface area contributed by atoms with Gasteiger partial charge in [0.05, 0.1) is 6.33 Å². The molecule has 5 heteroatoms. The van der Waals surface area contributed by atoms with Crippen molar-refractivity contribution in [2.75, 3.05) is 0 Å². The molecular weight excluding hydrogens is 252 g/mol. The number of halogens is 1. The molecule has 0 aliphatic carbocycles. The molecule has 4 nitrogen and oxygen atoms in total. The molecule has 0 fully saturated rings. The summed E-state index contributed by atoms with van der Waals surface area (Å²) < 4.78 is 1.99. The zero-order chi connectivity index (χ0) is 12.1. The number of carbonyl (C=O) groups is 1. The lowest BCUT2D eigenvalue weighted by molar-refractivity contribution is -0.136. The second kappa shape index (κ2) is 6.81. The normalized spacial score (nSPS) is 9.78. The van der Waals surface area contributed by atoms with Crippen LogP contribution in [0.15, 0.2) is 43.0 Å². The van der Waals surface area contributed by atoms with Gasteiger partial charge >= 0.3 is 5.97 Å². The Morgan fingerprint density at radius 1 is 1.22 bits per heavy atom. The summed E-state index contributed by atoms with van der Waals surface area (Å²) in [6.07, 6.45) is 6.21. The van der Waals surface area contributed by atoms with Crippen molar-refractivity contribution in [3.05, 3.63) is 54.1 Å². The van der Waals surface area contributed by atoms with Gasteiger partial charge in [-0.3, -0.25) is 4.79 Å². The summed E-state index contributed by atoms with van der Waals surface area (Å²) in [6, 6.07) is 8.01. The molecule has 0 unspecified atom stereocenters. The number of aliphatic carboxylic acids is 1. The molecule has 0 saturated heterocycles. The molecule has 1 heterocycles. The van der Waals surface area contributed by atoms with Crippen LogP contribution in [-0.2, 0) is 17.8 Å². The van der Waals surface area contributed by atoms with Crippen molar-refractivity contribution in [1.29, 1.82) is 0 Å². The van der Waals surface area contributed by atoms with Crippen LogP contribution in [0, 0.1) is 0 Å². The molecule has 0 radical (unpaired) electrons. The van der Waals surface area contributed by atoms with Crippen molar-refractivity contribution in [3.63, 3.8) is 0 Å². The summed E-state index contributed by atoms with van der Waals surface area (Å²) in [7, 11) is 0. The van der Waals surface area contributed by atoms with Crippen LogP contribution < -0.4 is 0 Å². The first-order valence-corrected chi connectivity index (χ1v) is 5.49. The topological polar surface area (TPSA) is 55.1 Å². The summed E-state index contributed by atoms with van der Waals surface area (Å²) >= 11 is 0. The number of carboxylic acid groups (broad SMARTS) is 1. The van der Waals surface area contributed by atoms with E-state index in [0.717, 1.165) is 12.1 Å². The van der Waals surface area contributed by atoms with Crippen LogP contribution in [0.3, 0.4) is 0 Å². The molecule has 0 spiro atoms. The van der Waals surface area contributed by atoms with Gasteiger partial charge in [0.2, 0.25) is 0 Å². The minimum absolute atomic E-state index is 0. The minimum Gasteiger partial charge on any atom is -0.481 e. The van der Waals surface area contributed by atoms with Gasteiger partial charge in [-0.25, -0.2) is 4.98 Å². The summed E-state index contributed by atoms with van der Waals surface area (Å²) in [5.74, 6) is -0.757. The van der Waals surface area contributed by atoms with E-state index in [4.69, 9.17) is 5.11 Å². The first kappa shape index (κ1) is 14.3. The van der Waals surface area contributed by atoms with Gasteiger partial charge in [-0.2, -0.15) is 0 Å². The standard InChI is InChI=1S/C13H14N2O2.ClH/c16-13(17)6-5-11-1-3-12(4-2-11)9-15-8-7-14-10-15;/h1-4,7-8,10H,5-6,9H2,(H,16,17);1H. The number of aryl methyl sites for hydroxylation is 1. The number of nitrogens with zero attached hydrogens (tertiary/aromatic N) is 2. The van der Waals surface area contributed by atoms with Crippen molar-refractivity contribution in [1.82, 2.24) is 9.55 Å². The lowest BCUT2D eigenvalue weighted by atomic mass is 10.1. The minimum atomic E-state index is -0.757. The van der Waals surface area contributed by atoms with Crippen molar-refractivity contribution >= 4 is 18.4 Å². The van der Waals surface area contributed by atoms with Crippen LogP contribution in [0.5, 0.6) is 0 Å². The van der Waals surface area contributed by atoms with Crippen LogP contribution >= 0.6 is 12.4 Å². The van der Waals surface area contributed by atoms with Crippen molar-refractivity contribution in [2.24, 2.45) is 0 Å². The van der Waals surface area contributed by atoms with Crippen LogP contribution in [0.4, 0.5) is 0 Å². The van der Waals surface area contributed by atoms with Crippen molar-refractivity contribution in [2.45, 2.75) is 19.4 Å². The fraction of sp³-hybridized carbons (Fsp3) is 0.231. The van der Waals surface area contributed by atoms with Gasteiger partial charge in [0.15, 0.2) is 0 Å². The van der Waals surface area contributed by atoms with Crippen LogP contribution in [0.2, 0.25) is 0 Å². The number of hydrogen-bond acceptors (Lipinski definition) is 2. The lowest BCUT2D eigenvalue weighted by Crippen LogP contribution is -1.99. The van der Waals surface area contributed by atoms with Gasteiger partial charge in [0.1, 0.15) is 0 Å². The van der Waals surface area contributed by atoms with Crippen molar-refractivity contribution in [3.8, 4) is 0 Å². The van der Waals surface area contributed by atoms with Crippen LogP contribution in [0.1, 0.15) is 17.5 Å². The van der Waals surface area contributed by atoms with E-state index in [1.165, 1.54) is 5.56 Å². The summed E-state index contributed by atoms with van der Waals surface area (Å²) in [5.41, 5.74) is 2.24. The Morgan fingerprint density at radius 2 is 1.89 bits per heavy atom. The van der Waals surface area contributed by atoms with Gasteiger partial charge < -0.3 is 9.67 Å². The average Bonchev–Trinajstić information content (AvgIpc) is 2.81. The molecule has 1 aromatic carbocycles. The first-order chi connectivity index (χ1) is 8.24. The van der Waals surface area contributed by atoms with E-state index in [9.17, 15) is 4.79 Å². The zero-order valence-electron chi connectivity index (χ0n) is 9.82. The maximum Gasteiger partial charge on any atom is 0.303 e. The smallest absolute Gasteiger partial charge is 0.303 e. The highest BCUT2D eigenvalue weighted by Crippen LogP contribution is 2.08. The largest absolute Gasteiger partial charge is 0.481 e. The lowest BCUT2D eigenvalue weighted by Gasteiger charge is -2.04. The fourth-order valence-corrected chi connectivity index (χ4v) is 1.65. The highest BCUT2D eigenvalue weighted by molar-refractivity contribution is 5.85. The third-order valence-corrected chi connectivity index (χ3v) is 2.57. The molecule has 0 aliphatic rings. The van der Waals surface area contributed by atoms with Crippen molar-refractivity contribution < 1.29 is 9.90 Å². The third-order valence-electron chi connectivity index (χ3n) is 2.57. The molecule has 0 aliphatic heterocycles. The summed E-state index contributed by atoms with van der Waals surface area (Å²) in [4.78, 5) is 14.4. The van der Waals surface area contributed by atoms with E-state index in [0.29, 0.717) is 6.42 Å². The first-order valence-electron chi connectivity index (χ1n) is 5.49.